The third-order valence-electron chi connectivity index (χ3n) is 1.79. The van der Waals surface area contributed by atoms with E-state index in [9.17, 15) is 8.42 Å². The van der Waals surface area contributed by atoms with E-state index < -0.39 is 10.0 Å². The van der Waals surface area contributed by atoms with Crippen molar-refractivity contribution in [2.75, 3.05) is 19.3 Å². The molecule has 1 fully saturated rings. The lowest BCUT2D eigenvalue weighted by Crippen LogP contribution is -2.36. The highest BCUT2D eigenvalue weighted by Gasteiger charge is 2.21. The van der Waals surface area contributed by atoms with Gasteiger partial charge in [-0.25, -0.2) is 13.1 Å². The minimum absolute atomic E-state index is 0.238. The van der Waals surface area contributed by atoms with Crippen LogP contribution in [0.25, 0.3) is 0 Å². The number of thiol groups is 1. The molecule has 1 heterocycles. The highest BCUT2D eigenvalue weighted by molar-refractivity contribution is 7.88. The Kier molecular flexibility index (Phi) is 3.39. The van der Waals surface area contributed by atoms with Crippen LogP contribution in [0.3, 0.4) is 0 Å². The van der Waals surface area contributed by atoms with Crippen molar-refractivity contribution in [3.05, 3.63) is 0 Å². The molecule has 0 spiro atoms. The molecule has 2 atom stereocenters. The monoisotopic (exact) mass is 210 g/mol. The first-order valence-electron chi connectivity index (χ1n) is 3.83. The number of hydrogen-bond donors (Lipinski definition) is 3. The van der Waals surface area contributed by atoms with Crippen LogP contribution in [0.4, 0.5) is 0 Å². The summed E-state index contributed by atoms with van der Waals surface area (Å²) in [6, 6.07) is 0.238. The summed E-state index contributed by atoms with van der Waals surface area (Å²) in [5.74, 6) is 0. The molecule has 0 unspecified atom stereocenters. The van der Waals surface area contributed by atoms with Gasteiger partial charge in [0.05, 0.1) is 6.26 Å². The van der Waals surface area contributed by atoms with Crippen LogP contribution in [-0.2, 0) is 10.0 Å². The van der Waals surface area contributed by atoms with Crippen molar-refractivity contribution in [1.82, 2.24) is 10.0 Å². The second-order valence-electron chi connectivity index (χ2n) is 3.12. The van der Waals surface area contributed by atoms with E-state index in [-0.39, 0.29) is 6.04 Å². The van der Waals surface area contributed by atoms with Crippen molar-refractivity contribution in [2.24, 2.45) is 0 Å². The molecular weight excluding hydrogens is 196 g/mol. The van der Waals surface area contributed by atoms with Gasteiger partial charge in [-0.2, -0.15) is 12.6 Å². The molecule has 0 aromatic heterocycles. The van der Waals surface area contributed by atoms with Gasteiger partial charge in [-0.1, -0.05) is 0 Å². The summed E-state index contributed by atoms with van der Waals surface area (Å²) in [7, 11) is -3.04. The SMILES string of the molecule is CS(=O)(=O)NC[C@@H]1C[C@H](S)CN1. The van der Waals surface area contributed by atoms with Crippen molar-refractivity contribution < 1.29 is 8.42 Å². The van der Waals surface area contributed by atoms with Gasteiger partial charge in [-0.05, 0) is 6.42 Å². The molecule has 1 aliphatic rings. The Labute approximate surface area is 78.6 Å². The van der Waals surface area contributed by atoms with E-state index in [0.29, 0.717) is 11.8 Å². The van der Waals surface area contributed by atoms with Gasteiger partial charge >= 0.3 is 0 Å². The van der Waals surface area contributed by atoms with Crippen LogP contribution < -0.4 is 10.0 Å². The molecule has 12 heavy (non-hydrogen) atoms. The van der Waals surface area contributed by atoms with Crippen LogP contribution >= 0.6 is 12.6 Å². The number of rotatable bonds is 3. The zero-order chi connectivity index (χ0) is 9.19. The summed E-state index contributed by atoms with van der Waals surface area (Å²) in [6.45, 7) is 1.33. The van der Waals surface area contributed by atoms with Gasteiger partial charge in [0.15, 0.2) is 0 Å². The van der Waals surface area contributed by atoms with Crippen molar-refractivity contribution in [2.45, 2.75) is 17.7 Å². The predicted molar refractivity (Wildman–Crippen MR) is 52.0 cm³/mol. The molecule has 0 amide bonds. The largest absolute Gasteiger partial charge is 0.312 e. The fourth-order valence-electron chi connectivity index (χ4n) is 1.21. The summed E-state index contributed by atoms with van der Waals surface area (Å²) >= 11 is 4.28. The van der Waals surface area contributed by atoms with Crippen molar-refractivity contribution in [3.8, 4) is 0 Å². The van der Waals surface area contributed by atoms with E-state index in [0.717, 1.165) is 13.0 Å². The summed E-state index contributed by atoms with van der Waals surface area (Å²) in [5, 5.41) is 3.53. The fourth-order valence-corrected chi connectivity index (χ4v) is 2.07. The molecule has 72 valence electrons. The summed E-state index contributed by atoms with van der Waals surface area (Å²) in [4.78, 5) is 0. The van der Waals surface area contributed by atoms with E-state index in [1.165, 1.54) is 6.26 Å². The fraction of sp³-hybridized carbons (Fsp3) is 1.00. The van der Waals surface area contributed by atoms with Gasteiger partial charge in [0.1, 0.15) is 0 Å². The molecule has 0 saturated carbocycles. The molecule has 0 aromatic rings. The summed E-state index contributed by atoms with van der Waals surface area (Å²) in [6.07, 6.45) is 2.09. The predicted octanol–water partition coefficient (Wildman–Crippen LogP) is -0.804. The topological polar surface area (TPSA) is 58.2 Å². The van der Waals surface area contributed by atoms with E-state index >= 15 is 0 Å². The van der Waals surface area contributed by atoms with Crippen LogP contribution in [-0.4, -0.2) is 39.1 Å². The highest BCUT2D eigenvalue weighted by Crippen LogP contribution is 2.10. The molecule has 0 bridgehead atoms. The van der Waals surface area contributed by atoms with E-state index in [1.54, 1.807) is 0 Å². The van der Waals surface area contributed by atoms with Gasteiger partial charge in [0.25, 0.3) is 0 Å². The molecule has 6 heteroatoms. The first-order valence-corrected chi connectivity index (χ1v) is 6.24. The Morgan fingerprint density at radius 1 is 1.67 bits per heavy atom. The van der Waals surface area contributed by atoms with Gasteiger partial charge in [-0.15, -0.1) is 0 Å². The molecule has 1 aliphatic heterocycles. The van der Waals surface area contributed by atoms with Gasteiger partial charge in [0.2, 0.25) is 10.0 Å². The first-order chi connectivity index (χ1) is 5.47. The molecule has 0 radical (unpaired) electrons. The van der Waals surface area contributed by atoms with Crippen LogP contribution in [0.15, 0.2) is 0 Å². The highest BCUT2D eigenvalue weighted by atomic mass is 32.2. The standard InChI is InChI=1S/C6H14N2O2S2/c1-12(9,10)8-3-5-2-6(11)4-7-5/h5-8,11H,2-4H2,1H3/t5-,6-/m0/s1. The Balaban J connectivity index is 2.25. The maximum atomic E-state index is 10.7. The Morgan fingerprint density at radius 2 is 2.33 bits per heavy atom. The zero-order valence-electron chi connectivity index (χ0n) is 6.95. The number of nitrogens with one attached hydrogen (secondary N) is 2. The maximum Gasteiger partial charge on any atom is 0.208 e. The second-order valence-corrected chi connectivity index (χ2v) is 5.68. The van der Waals surface area contributed by atoms with Crippen molar-refractivity contribution in [1.29, 1.82) is 0 Å². The Hall–Kier alpha value is 0.220. The van der Waals surface area contributed by atoms with E-state index in [1.807, 2.05) is 0 Å². The Bertz CT molecular complexity index is 240. The smallest absolute Gasteiger partial charge is 0.208 e. The lowest BCUT2D eigenvalue weighted by Gasteiger charge is -2.09. The molecule has 2 N–H and O–H groups in total. The van der Waals surface area contributed by atoms with Crippen LogP contribution in [0.1, 0.15) is 6.42 Å². The van der Waals surface area contributed by atoms with E-state index in [4.69, 9.17) is 0 Å². The van der Waals surface area contributed by atoms with Gasteiger partial charge in [0, 0.05) is 24.4 Å². The molecule has 0 aromatic carbocycles. The van der Waals surface area contributed by atoms with Crippen molar-refractivity contribution >= 4 is 22.7 Å². The average molecular weight is 210 g/mol. The third kappa shape index (κ3) is 3.75. The minimum atomic E-state index is -3.04. The number of sulfonamides is 1. The van der Waals surface area contributed by atoms with Crippen LogP contribution in [0.5, 0.6) is 0 Å². The normalized spacial score (nSPS) is 30.8. The molecule has 1 saturated heterocycles. The third-order valence-corrected chi connectivity index (χ3v) is 2.88. The van der Waals surface area contributed by atoms with Gasteiger partial charge in [-0.3, -0.25) is 0 Å². The molecule has 0 aliphatic carbocycles. The number of hydrogen-bond acceptors (Lipinski definition) is 4. The maximum absolute atomic E-state index is 10.7. The minimum Gasteiger partial charge on any atom is -0.312 e. The molecule has 1 rings (SSSR count). The first kappa shape index (κ1) is 10.3. The summed E-state index contributed by atoms with van der Waals surface area (Å²) < 4.78 is 23.9. The quantitative estimate of drug-likeness (QED) is 0.534. The lowest BCUT2D eigenvalue weighted by atomic mass is 10.2. The van der Waals surface area contributed by atoms with E-state index in [2.05, 4.69) is 22.7 Å². The van der Waals surface area contributed by atoms with Crippen molar-refractivity contribution in [3.63, 3.8) is 0 Å². The van der Waals surface area contributed by atoms with Crippen LogP contribution in [0, 0.1) is 0 Å². The lowest BCUT2D eigenvalue weighted by molar-refractivity contribution is 0.556. The Morgan fingerprint density at radius 3 is 2.75 bits per heavy atom. The molecule has 4 nitrogen and oxygen atoms in total. The van der Waals surface area contributed by atoms with Gasteiger partial charge < -0.3 is 5.32 Å². The van der Waals surface area contributed by atoms with Crippen LogP contribution in [0.2, 0.25) is 0 Å². The average Bonchev–Trinajstić information content (AvgIpc) is 2.30. The molecular formula is C6H14N2O2S2. The second kappa shape index (κ2) is 3.95. The summed E-state index contributed by atoms with van der Waals surface area (Å²) in [5.41, 5.74) is 0. The zero-order valence-corrected chi connectivity index (χ0v) is 8.66.